The molecule has 0 saturated heterocycles. The van der Waals surface area contributed by atoms with Gasteiger partial charge in [0.15, 0.2) is 21.3 Å². The van der Waals surface area contributed by atoms with E-state index in [1.165, 1.54) is 0 Å². The third-order valence-electron chi connectivity index (χ3n) is 5.17. The number of anilines is 1. The molecule has 0 spiro atoms. The number of benzene rings is 2. The lowest BCUT2D eigenvalue weighted by atomic mass is 10.1. The van der Waals surface area contributed by atoms with Crippen LogP contribution in [0, 0.1) is 6.92 Å². The van der Waals surface area contributed by atoms with E-state index < -0.39 is 15.7 Å². The van der Waals surface area contributed by atoms with Crippen molar-refractivity contribution in [1.82, 2.24) is 9.78 Å². The molecule has 2 heterocycles. The molecule has 8 nitrogen and oxygen atoms in total. The molecule has 0 fully saturated rings. The van der Waals surface area contributed by atoms with Gasteiger partial charge < -0.3 is 14.8 Å². The summed E-state index contributed by atoms with van der Waals surface area (Å²) in [6.45, 7) is 6.56. The fourth-order valence-electron chi connectivity index (χ4n) is 3.72. The largest absolute Gasteiger partial charge is 0.490 e. The predicted molar refractivity (Wildman–Crippen MR) is 121 cm³/mol. The molecule has 0 atom stereocenters. The monoisotopic (exact) mass is 455 g/mol. The summed E-state index contributed by atoms with van der Waals surface area (Å²) >= 11 is 0. The van der Waals surface area contributed by atoms with Crippen LogP contribution in [0.1, 0.15) is 41.0 Å². The average Bonchev–Trinajstić information content (AvgIpc) is 3.22. The van der Waals surface area contributed by atoms with Crippen LogP contribution in [0.15, 0.2) is 42.5 Å². The summed E-state index contributed by atoms with van der Waals surface area (Å²) in [6, 6.07) is 12.6. The topological polar surface area (TPSA) is 99.5 Å². The molecule has 4 rings (SSSR count). The van der Waals surface area contributed by atoms with E-state index >= 15 is 0 Å². The van der Waals surface area contributed by atoms with Crippen LogP contribution < -0.4 is 14.8 Å². The van der Waals surface area contributed by atoms with Gasteiger partial charge in [0, 0.05) is 11.1 Å². The summed E-state index contributed by atoms with van der Waals surface area (Å²) in [5.74, 6) is 0.715. The van der Waals surface area contributed by atoms with Crippen LogP contribution in [0.2, 0.25) is 0 Å². The molecule has 0 unspecified atom stereocenters. The fraction of sp³-hybridized carbons (Fsp3) is 0.304. The van der Waals surface area contributed by atoms with Crippen LogP contribution >= 0.6 is 0 Å². The number of fused-ring (bicyclic) bond motifs is 1. The number of rotatable bonds is 7. The second kappa shape index (κ2) is 8.66. The minimum Gasteiger partial charge on any atom is -0.490 e. The summed E-state index contributed by atoms with van der Waals surface area (Å²) in [6.07, 6.45) is 0. The molecule has 0 saturated carbocycles. The number of sulfone groups is 1. The van der Waals surface area contributed by atoms with Crippen LogP contribution in [-0.2, 0) is 21.3 Å². The Labute approximate surface area is 187 Å². The van der Waals surface area contributed by atoms with Crippen LogP contribution in [0.3, 0.4) is 0 Å². The fourth-order valence-corrected chi connectivity index (χ4v) is 5.21. The number of nitrogens with one attached hydrogen (secondary N) is 1. The van der Waals surface area contributed by atoms with Gasteiger partial charge in [0.05, 0.1) is 36.1 Å². The van der Waals surface area contributed by atoms with Gasteiger partial charge in [-0.25, -0.2) is 13.1 Å². The van der Waals surface area contributed by atoms with E-state index in [0.29, 0.717) is 47.4 Å². The minimum atomic E-state index is -3.28. The molecule has 0 bridgehead atoms. The molecule has 168 valence electrons. The van der Waals surface area contributed by atoms with Gasteiger partial charge in [-0.3, -0.25) is 4.79 Å². The third-order valence-corrected chi connectivity index (χ3v) is 6.61. The van der Waals surface area contributed by atoms with E-state index in [4.69, 9.17) is 9.47 Å². The first-order valence-corrected chi connectivity index (χ1v) is 12.2. The number of carbonyl (C=O) groups excluding carboxylic acids is 1. The third kappa shape index (κ3) is 4.20. The number of ether oxygens (including phenoxy) is 2. The molecule has 32 heavy (non-hydrogen) atoms. The van der Waals surface area contributed by atoms with E-state index in [2.05, 4.69) is 10.4 Å². The van der Waals surface area contributed by atoms with Crippen molar-refractivity contribution in [2.45, 2.75) is 32.3 Å². The van der Waals surface area contributed by atoms with Crippen molar-refractivity contribution < 1.29 is 22.7 Å². The SMILES string of the molecule is CCOc1ccc(C(=O)Nc2c3c(nn2-c2ccccc2C)CS(=O)(=O)C3)cc1OCC. The van der Waals surface area contributed by atoms with Gasteiger partial charge in [0.25, 0.3) is 5.91 Å². The predicted octanol–water partition coefficient (Wildman–Crippen LogP) is 3.66. The summed E-state index contributed by atoms with van der Waals surface area (Å²) in [5, 5.41) is 7.42. The Morgan fingerprint density at radius 2 is 1.78 bits per heavy atom. The van der Waals surface area contributed by atoms with Crippen LogP contribution in [0.4, 0.5) is 5.82 Å². The normalized spacial score (nSPS) is 14.1. The van der Waals surface area contributed by atoms with Gasteiger partial charge in [-0.05, 0) is 50.6 Å². The smallest absolute Gasteiger partial charge is 0.256 e. The summed E-state index contributed by atoms with van der Waals surface area (Å²) in [4.78, 5) is 13.2. The number of para-hydroxylation sites is 1. The molecule has 9 heteroatoms. The molecule has 2 aromatic carbocycles. The first-order chi connectivity index (χ1) is 15.3. The number of nitrogens with zero attached hydrogens (tertiary/aromatic N) is 2. The maximum Gasteiger partial charge on any atom is 0.256 e. The summed E-state index contributed by atoms with van der Waals surface area (Å²) in [5.41, 5.74) is 3.08. The highest BCUT2D eigenvalue weighted by Gasteiger charge is 2.33. The average molecular weight is 456 g/mol. The molecular formula is C23H25N3O5S. The molecule has 1 aromatic heterocycles. The Kier molecular flexibility index (Phi) is 5.92. The molecule has 1 aliphatic heterocycles. The lowest BCUT2D eigenvalue weighted by Crippen LogP contribution is -2.17. The Morgan fingerprint density at radius 3 is 2.50 bits per heavy atom. The summed E-state index contributed by atoms with van der Waals surface area (Å²) in [7, 11) is -3.28. The van der Waals surface area contributed by atoms with E-state index in [1.807, 2.05) is 45.0 Å². The van der Waals surface area contributed by atoms with Gasteiger partial charge >= 0.3 is 0 Å². The van der Waals surface area contributed by atoms with Gasteiger partial charge in [0.1, 0.15) is 5.82 Å². The van der Waals surface area contributed by atoms with Crippen molar-refractivity contribution in [2.24, 2.45) is 0 Å². The van der Waals surface area contributed by atoms with Crippen LogP contribution in [0.25, 0.3) is 5.69 Å². The number of aryl methyl sites for hydroxylation is 1. The van der Waals surface area contributed by atoms with E-state index in [0.717, 1.165) is 11.3 Å². The standard InChI is InChI=1S/C23H25N3O5S/c1-4-30-20-11-10-16(12-21(20)31-5-2)23(27)24-22-17-13-32(28,29)14-18(17)25-26(22)19-9-7-6-8-15(19)3/h6-12H,4-5,13-14H2,1-3H3,(H,24,27). The maximum absolute atomic E-state index is 13.2. The number of hydrogen-bond donors (Lipinski definition) is 1. The van der Waals surface area contributed by atoms with Crippen molar-refractivity contribution in [3.63, 3.8) is 0 Å². The highest BCUT2D eigenvalue weighted by molar-refractivity contribution is 7.90. The van der Waals surface area contributed by atoms with Gasteiger partial charge in [0.2, 0.25) is 0 Å². The zero-order valence-corrected chi connectivity index (χ0v) is 19.0. The molecule has 1 aliphatic rings. The molecule has 0 aliphatic carbocycles. The Balaban J connectivity index is 1.74. The van der Waals surface area contributed by atoms with E-state index in [-0.39, 0.29) is 11.5 Å². The van der Waals surface area contributed by atoms with Crippen LogP contribution in [-0.4, -0.2) is 37.3 Å². The lowest BCUT2D eigenvalue weighted by Gasteiger charge is -2.14. The Hall–Kier alpha value is -3.33. The van der Waals surface area contributed by atoms with Crippen LogP contribution in [0.5, 0.6) is 11.5 Å². The molecule has 1 N–H and O–H groups in total. The second-order valence-electron chi connectivity index (χ2n) is 7.49. The molecular weight excluding hydrogens is 430 g/mol. The molecule has 1 amide bonds. The minimum absolute atomic E-state index is 0.137. The molecule has 0 radical (unpaired) electrons. The highest BCUT2D eigenvalue weighted by atomic mass is 32.2. The van der Waals surface area contributed by atoms with Crippen molar-refractivity contribution in [2.75, 3.05) is 18.5 Å². The van der Waals surface area contributed by atoms with Crippen molar-refractivity contribution in [3.8, 4) is 17.2 Å². The van der Waals surface area contributed by atoms with Gasteiger partial charge in [-0.15, -0.1) is 0 Å². The van der Waals surface area contributed by atoms with E-state index in [1.54, 1.807) is 22.9 Å². The lowest BCUT2D eigenvalue weighted by molar-refractivity contribution is 0.102. The van der Waals surface area contributed by atoms with Crippen molar-refractivity contribution in [3.05, 3.63) is 64.8 Å². The Morgan fingerprint density at radius 1 is 1.06 bits per heavy atom. The quantitative estimate of drug-likeness (QED) is 0.584. The Bertz CT molecular complexity index is 1280. The number of carbonyl (C=O) groups is 1. The second-order valence-corrected chi connectivity index (χ2v) is 9.55. The highest BCUT2D eigenvalue weighted by Crippen LogP contribution is 2.34. The van der Waals surface area contributed by atoms with E-state index in [9.17, 15) is 13.2 Å². The number of aromatic nitrogens is 2. The van der Waals surface area contributed by atoms with Crippen molar-refractivity contribution in [1.29, 1.82) is 0 Å². The van der Waals surface area contributed by atoms with Gasteiger partial charge in [-0.2, -0.15) is 5.10 Å². The first-order valence-electron chi connectivity index (χ1n) is 10.4. The zero-order valence-electron chi connectivity index (χ0n) is 18.2. The summed E-state index contributed by atoms with van der Waals surface area (Å²) < 4.78 is 37.2. The number of amides is 1. The molecule has 3 aromatic rings. The number of hydrogen-bond acceptors (Lipinski definition) is 6. The van der Waals surface area contributed by atoms with Gasteiger partial charge in [-0.1, -0.05) is 18.2 Å². The zero-order chi connectivity index (χ0) is 22.9. The first kappa shape index (κ1) is 21.9. The maximum atomic E-state index is 13.2. The van der Waals surface area contributed by atoms with Crippen molar-refractivity contribution >= 4 is 21.6 Å².